The zero-order valence-electron chi connectivity index (χ0n) is 20.1. The lowest BCUT2D eigenvalue weighted by Crippen LogP contribution is -2.66. The van der Waals surface area contributed by atoms with Crippen LogP contribution in [-0.4, -0.2) is 67.4 Å². The monoisotopic (exact) mass is 501 g/mol. The molecule has 10 heteroatoms. The van der Waals surface area contributed by atoms with Gasteiger partial charge in [0, 0.05) is 61.8 Å². The molecule has 1 aromatic carbocycles. The van der Waals surface area contributed by atoms with E-state index < -0.39 is 17.5 Å². The van der Waals surface area contributed by atoms with E-state index in [-0.39, 0.29) is 17.1 Å². The van der Waals surface area contributed by atoms with Crippen molar-refractivity contribution in [3.63, 3.8) is 0 Å². The lowest BCUT2D eigenvalue weighted by atomic mass is 9.83. The highest BCUT2D eigenvalue weighted by Gasteiger charge is 2.47. The minimum absolute atomic E-state index is 0.223. The van der Waals surface area contributed by atoms with Gasteiger partial charge in [0.25, 0.3) is 5.91 Å². The van der Waals surface area contributed by atoms with Gasteiger partial charge in [-0.05, 0) is 37.1 Å². The summed E-state index contributed by atoms with van der Waals surface area (Å²) >= 11 is 0. The van der Waals surface area contributed by atoms with Gasteiger partial charge in [-0.3, -0.25) is 9.69 Å². The Bertz CT molecular complexity index is 1510. The number of aromatic nitrogens is 4. The third-order valence-electron chi connectivity index (χ3n) is 7.72. The van der Waals surface area contributed by atoms with E-state index in [2.05, 4.69) is 36.7 Å². The van der Waals surface area contributed by atoms with Crippen LogP contribution in [0.4, 0.5) is 8.78 Å². The molecule has 0 saturated carbocycles. The molecular weight excluding hydrogens is 476 g/mol. The molecule has 0 radical (unpaired) electrons. The van der Waals surface area contributed by atoms with Gasteiger partial charge >= 0.3 is 0 Å². The number of likely N-dealkylation sites (tertiary alicyclic amines) is 2. The average Bonchev–Trinajstić information content (AvgIpc) is 3.58. The zero-order chi connectivity index (χ0) is 25.6. The van der Waals surface area contributed by atoms with E-state index in [0.717, 1.165) is 54.3 Å². The first-order valence-corrected chi connectivity index (χ1v) is 12.3. The number of H-pyrrole nitrogens is 1. The Hall–Kier alpha value is -4.10. The first kappa shape index (κ1) is 23.3. The molecule has 0 atom stereocenters. The van der Waals surface area contributed by atoms with E-state index in [1.165, 1.54) is 12.1 Å². The number of benzene rings is 1. The summed E-state index contributed by atoms with van der Waals surface area (Å²) in [5, 5.41) is 10.5. The molecule has 6 rings (SSSR count). The van der Waals surface area contributed by atoms with E-state index >= 15 is 0 Å². The molecule has 2 aliphatic heterocycles. The Morgan fingerprint density at radius 1 is 1.16 bits per heavy atom. The number of fused-ring (bicyclic) bond motifs is 1. The molecule has 4 aromatic rings. The van der Waals surface area contributed by atoms with Gasteiger partial charge in [-0.2, -0.15) is 5.26 Å². The first-order valence-electron chi connectivity index (χ1n) is 12.3. The Morgan fingerprint density at radius 3 is 2.76 bits per heavy atom. The quantitative estimate of drug-likeness (QED) is 0.447. The van der Waals surface area contributed by atoms with Crippen LogP contribution in [0.1, 0.15) is 29.6 Å². The summed E-state index contributed by atoms with van der Waals surface area (Å²) in [6.07, 6.45) is 9.33. The van der Waals surface area contributed by atoms with Gasteiger partial charge in [-0.1, -0.05) is 6.07 Å². The lowest BCUT2D eigenvalue weighted by Gasteiger charge is -2.54. The Balaban J connectivity index is 1.13. The van der Waals surface area contributed by atoms with E-state index in [4.69, 9.17) is 0 Å². The van der Waals surface area contributed by atoms with Gasteiger partial charge < -0.3 is 14.5 Å². The van der Waals surface area contributed by atoms with Crippen LogP contribution < -0.4 is 0 Å². The Morgan fingerprint density at radius 2 is 1.97 bits per heavy atom. The van der Waals surface area contributed by atoms with Crippen molar-refractivity contribution < 1.29 is 13.6 Å². The average molecular weight is 502 g/mol. The highest BCUT2D eigenvalue weighted by Crippen LogP contribution is 2.38. The summed E-state index contributed by atoms with van der Waals surface area (Å²) < 4.78 is 29.8. The number of piperidine rings is 1. The Kier molecular flexibility index (Phi) is 5.72. The number of amides is 1. The second-order valence-electron chi connectivity index (χ2n) is 9.86. The van der Waals surface area contributed by atoms with Crippen LogP contribution in [0.15, 0.2) is 55.2 Å². The number of nitriles is 1. The topological polar surface area (TPSA) is 93.8 Å². The SMILES string of the molecule is N#CCC1(n2ccc(-c3ncnc4[nH]ccc34)c2)CN(C2CCN(C(=O)c3cccc(F)c3F)CC2)C1. The molecule has 188 valence electrons. The number of rotatable bonds is 5. The lowest BCUT2D eigenvalue weighted by molar-refractivity contribution is -0.0348. The maximum atomic E-state index is 14.1. The molecule has 0 aliphatic carbocycles. The van der Waals surface area contributed by atoms with E-state index in [1.807, 2.05) is 24.5 Å². The second kappa shape index (κ2) is 9.09. The highest BCUT2D eigenvalue weighted by molar-refractivity contribution is 5.94. The van der Waals surface area contributed by atoms with Crippen molar-refractivity contribution in [2.24, 2.45) is 0 Å². The molecule has 2 fully saturated rings. The minimum Gasteiger partial charge on any atom is -0.346 e. The molecule has 37 heavy (non-hydrogen) atoms. The molecule has 5 heterocycles. The summed E-state index contributed by atoms with van der Waals surface area (Å²) in [5.41, 5.74) is 2.05. The van der Waals surface area contributed by atoms with Gasteiger partial charge in [-0.15, -0.1) is 0 Å². The molecule has 8 nitrogen and oxygen atoms in total. The highest BCUT2D eigenvalue weighted by atomic mass is 19.2. The van der Waals surface area contributed by atoms with E-state index in [9.17, 15) is 18.8 Å². The fourth-order valence-corrected chi connectivity index (χ4v) is 5.69. The molecule has 1 N–H and O–H groups in total. The van der Waals surface area contributed by atoms with Gasteiger partial charge in [0.15, 0.2) is 11.6 Å². The molecule has 1 amide bonds. The number of halogens is 2. The normalized spacial score (nSPS) is 18.0. The number of nitrogens with one attached hydrogen (secondary N) is 1. The number of nitrogens with zero attached hydrogens (tertiary/aromatic N) is 6. The third-order valence-corrected chi connectivity index (χ3v) is 7.72. The fraction of sp³-hybridized carbons (Fsp3) is 0.333. The number of hydrogen-bond donors (Lipinski definition) is 1. The van der Waals surface area contributed by atoms with Crippen LogP contribution in [-0.2, 0) is 5.54 Å². The standard InChI is InChI=1S/C27H25F2N7O/c28-22-3-1-2-20(23(22)29)26(37)34-11-6-19(7-12-34)35-15-27(16-35,8-9-30)36-13-5-18(14-36)24-21-4-10-31-25(21)33-17-32-24/h1-5,10,13-14,17,19H,6-8,11-12,15-16H2,(H,31,32,33). The van der Waals surface area contributed by atoms with Crippen molar-refractivity contribution in [2.45, 2.75) is 30.8 Å². The molecule has 0 spiro atoms. The van der Waals surface area contributed by atoms with Crippen LogP contribution in [0.5, 0.6) is 0 Å². The zero-order valence-corrected chi connectivity index (χ0v) is 20.1. The largest absolute Gasteiger partial charge is 0.346 e. The molecule has 0 unspecified atom stereocenters. The van der Waals surface area contributed by atoms with Crippen LogP contribution >= 0.6 is 0 Å². The van der Waals surface area contributed by atoms with Crippen molar-refractivity contribution in [2.75, 3.05) is 26.2 Å². The van der Waals surface area contributed by atoms with Crippen molar-refractivity contribution in [3.05, 3.63) is 72.4 Å². The fourth-order valence-electron chi connectivity index (χ4n) is 5.69. The molecule has 2 aliphatic rings. The summed E-state index contributed by atoms with van der Waals surface area (Å²) in [4.78, 5) is 28.5. The van der Waals surface area contributed by atoms with Crippen molar-refractivity contribution in [1.29, 1.82) is 5.26 Å². The van der Waals surface area contributed by atoms with Crippen LogP contribution in [0.25, 0.3) is 22.3 Å². The van der Waals surface area contributed by atoms with Gasteiger partial charge in [0.2, 0.25) is 0 Å². The third kappa shape index (κ3) is 3.96. The van der Waals surface area contributed by atoms with Gasteiger partial charge in [0.05, 0.1) is 29.3 Å². The molecule has 2 saturated heterocycles. The summed E-state index contributed by atoms with van der Waals surface area (Å²) in [5.74, 6) is -2.58. The van der Waals surface area contributed by atoms with Crippen molar-refractivity contribution in [3.8, 4) is 17.3 Å². The second-order valence-corrected chi connectivity index (χ2v) is 9.86. The number of carbonyl (C=O) groups excluding carboxylic acids is 1. The molecular formula is C27H25F2N7O. The maximum Gasteiger partial charge on any atom is 0.256 e. The van der Waals surface area contributed by atoms with E-state index in [1.54, 1.807) is 11.2 Å². The smallest absolute Gasteiger partial charge is 0.256 e. The summed E-state index contributed by atoms with van der Waals surface area (Å²) in [6, 6.07) is 10.3. The predicted molar refractivity (Wildman–Crippen MR) is 132 cm³/mol. The number of hydrogen-bond acceptors (Lipinski definition) is 5. The maximum absolute atomic E-state index is 14.1. The van der Waals surface area contributed by atoms with Crippen LogP contribution in [0.2, 0.25) is 0 Å². The van der Waals surface area contributed by atoms with E-state index in [0.29, 0.717) is 19.5 Å². The first-order chi connectivity index (χ1) is 18.0. The van der Waals surface area contributed by atoms with Crippen LogP contribution in [0, 0.1) is 23.0 Å². The minimum atomic E-state index is -1.09. The summed E-state index contributed by atoms with van der Waals surface area (Å²) in [6.45, 7) is 2.43. The van der Waals surface area contributed by atoms with Crippen molar-refractivity contribution in [1.82, 2.24) is 29.3 Å². The van der Waals surface area contributed by atoms with Crippen molar-refractivity contribution >= 4 is 16.9 Å². The number of aromatic amines is 1. The molecule has 3 aromatic heterocycles. The Labute approximate surface area is 212 Å². The summed E-state index contributed by atoms with van der Waals surface area (Å²) in [7, 11) is 0. The predicted octanol–water partition coefficient (Wildman–Crippen LogP) is 3.93. The van der Waals surface area contributed by atoms with Crippen LogP contribution in [0.3, 0.4) is 0 Å². The van der Waals surface area contributed by atoms with Gasteiger partial charge in [-0.25, -0.2) is 18.7 Å². The molecule has 0 bridgehead atoms. The van der Waals surface area contributed by atoms with Gasteiger partial charge in [0.1, 0.15) is 12.0 Å². The number of carbonyl (C=O) groups is 1.